The largest absolute Gasteiger partial charge is 0.377 e. The Labute approximate surface area is 181 Å². The molecule has 170 valence electrons. The van der Waals surface area contributed by atoms with Gasteiger partial charge in [0.25, 0.3) is 0 Å². The third-order valence-electron chi connectivity index (χ3n) is 6.26. The van der Waals surface area contributed by atoms with Crippen LogP contribution in [0.25, 0.3) is 0 Å². The minimum absolute atomic E-state index is 0.0596. The van der Waals surface area contributed by atoms with Crippen LogP contribution >= 0.6 is 0 Å². The molecule has 3 saturated heterocycles. The van der Waals surface area contributed by atoms with Gasteiger partial charge in [-0.25, -0.2) is 19.0 Å². The summed E-state index contributed by atoms with van der Waals surface area (Å²) in [5.74, 6) is -0.799. The molecular weight excluding hydrogens is 422 g/mol. The summed E-state index contributed by atoms with van der Waals surface area (Å²) in [5.41, 5.74) is 6.56. The van der Waals surface area contributed by atoms with Crippen LogP contribution < -0.4 is 21.3 Å². The lowest BCUT2D eigenvalue weighted by Gasteiger charge is -2.39. The van der Waals surface area contributed by atoms with E-state index >= 15 is 0 Å². The molecule has 0 aromatic heterocycles. The molecule has 1 aromatic rings. The number of hydrogen-bond acceptors (Lipinski definition) is 7. The third kappa shape index (κ3) is 5.24. The number of carbonyl (C=O) groups excluding carboxylic acids is 2. The summed E-state index contributed by atoms with van der Waals surface area (Å²) in [6, 6.07) is 6.06. The highest BCUT2D eigenvalue weighted by molar-refractivity contribution is 7.89. The lowest BCUT2D eigenvalue weighted by atomic mass is 9.83. The number of benzene rings is 1. The lowest BCUT2D eigenvalue weighted by Crippen LogP contribution is -2.58. The van der Waals surface area contributed by atoms with Crippen molar-refractivity contribution in [3.8, 4) is 0 Å². The Morgan fingerprint density at radius 2 is 2.03 bits per heavy atom. The van der Waals surface area contributed by atoms with Crippen molar-refractivity contribution in [2.24, 2.45) is 17.0 Å². The van der Waals surface area contributed by atoms with E-state index in [1.165, 1.54) is 12.1 Å². The predicted octanol–water partition coefficient (Wildman–Crippen LogP) is -1.28. The summed E-state index contributed by atoms with van der Waals surface area (Å²) in [7, 11) is -3.72. The van der Waals surface area contributed by atoms with Gasteiger partial charge in [0, 0.05) is 32.8 Å². The normalized spacial score (nSPS) is 28.9. The number of sulfonamides is 1. The summed E-state index contributed by atoms with van der Waals surface area (Å²) in [6.45, 7) is 3.10. The zero-order chi connectivity index (χ0) is 22.0. The summed E-state index contributed by atoms with van der Waals surface area (Å²) in [4.78, 5) is 27.4. The van der Waals surface area contributed by atoms with Crippen LogP contribution in [0.2, 0.25) is 0 Å². The number of nitrogens with two attached hydrogens (primary N) is 1. The van der Waals surface area contributed by atoms with Crippen molar-refractivity contribution in [3.63, 3.8) is 0 Å². The Bertz CT molecular complexity index is 916. The molecule has 3 fully saturated rings. The maximum Gasteiger partial charge on any atom is 0.240 e. The van der Waals surface area contributed by atoms with E-state index < -0.39 is 10.0 Å². The Kier molecular flexibility index (Phi) is 6.58. The molecule has 0 bridgehead atoms. The first-order valence-corrected chi connectivity index (χ1v) is 12.1. The fourth-order valence-electron chi connectivity index (χ4n) is 4.61. The van der Waals surface area contributed by atoms with Crippen LogP contribution in [0.15, 0.2) is 29.2 Å². The number of nitrogens with zero attached hydrogens (tertiary/aromatic N) is 1. The number of rotatable bonds is 7. The molecule has 5 N–H and O–H groups in total. The number of hydrogen-bond donors (Lipinski definition) is 4. The Morgan fingerprint density at radius 1 is 1.26 bits per heavy atom. The van der Waals surface area contributed by atoms with E-state index in [0.717, 1.165) is 31.6 Å². The van der Waals surface area contributed by atoms with E-state index in [2.05, 4.69) is 21.1 Å². The number of piperidine rings is 1. The van der Waals surface area contributed by atoms with Crippen molar-refractivity contribution in [1.82, 2.24) is 21.1 Å². The van der Waals surface area contributed by atoms with Crippen molar-refractivity contribution in [3.05, 3.63) is 29.8 Å². The molecule has 4 unspecified atom stereocenters. The minimum atomic E-state index is -3.72. The first-order chi connectivity index (χ1) is 14.8. The van der Waals surface area contributed by atoms with Crippen LogP contribution in [-0.2, 0) is 30.8 Å². The van der Waals surface area contributed by atoms with E-state index in [9.17, 15) is 18.0 Å². The average molecular weight is 452 g/mol. The van der Waals surface area contributed by atoms with E-state index in [0.29, 0.717) is 26.1 Å². The van der Waals surface area contributed by atoms with Crippen LogP contribution in [0, 0.1) is 11.8 Å². The molecule has 4 atom stereocenters. The second kappa shape index (κ2) is 9.21. The highest BCUT2D eigenvalue weighted by Gasteiger charge is 2.47. The number of ether oxygens (including phenoxy) is 1. The predicted molar refractivity (Wildman–Crippen MR) is 112 cm³/mol. The van der Waals surface area contributed by atoms with E-state index in [-0.39, 0.29) is 40.7 Å². The zero-order valence-corrected chi connectivity index (χ0v) is 18.1. The molecule has 2 amide bonds. The molecule has 0 aliphatic carbocycles. The van der Waals surface area contributed by atoms with Gasteiger partial charge in [0.05, 0.1) is 28.9 Å². The SMILES string of the molecule is NS(=O)(=O)c1ccc(CCNC(=O)C2CN(CC3CCCO3)CC3C(=O)NNC23)cc1. The Hall–Kier alpha value is -2.05. The smallest absolute Gasteiger partial charge is 0.240 e. The average Bonchev–Trinajstić information content (AvgIpc) is 3.37. The number of carbonyl (C=O) groups is 2. The third-order valence-corrected chi connectivity index (χ3v) is 7.19. The second-order valence-corrected chi connectivity index (χ2v) is 10.0. The molecule has 3 aliphatic heterocycles. The van der Waals surface area contributed by atoms with E-state index in [4.69, 9.17) is 9.88 Å². The standard InChI is InChI=1S/C20H29N5O5S/c21-31(28,29)15-5-3-13(4-6-15)7-8-22-19(26)16-11-25(10-14-2-1-9-30-14)12-17-18(16)23-24-20(17)27/h3-6,14,16-18,23H,1-2,7-12H2,(H,22,26)(H,24,27)(H2,21,28,29). The van der Waals surface area contributed by atoms with Gasteiger partial charge in [-0.15, -0.1) is 0 Å². The van der Waals surface area contributed by atoms with Crippen LogP contribution in [0.4, 0.5) is 0 Å². The summed E-state index contributed by atoms with van der Waals surface area (Å²) in [5, 5.41) is 8.08. The molecule has 10 nitrogen and oxygen atoms in total. The number of amides is 2. The van der Waals surface area contributed by atoms with Crippen LogP contribution in [0.3, 0.4) is 0 Å². The summed E-state index contributed by atoms with van der Waals surface area (Å²) in [6.07, 6.45) is 2.78. The monoisotopic (exact) mass is 451 g/mol. The molecule has 4 rings (SSSR count). The Morgan fingerprint density at radius 3 is 2.71 bits per heavy atom. The fraction of sp³-hybridized carbons (Fsp3) is 0.600. The molecule has 11 heteroatoms. The number of primary sulfonamides is 1. The van der Waals surface area contributed by atoms with Gasteiger partial charge < -0.3 is 10.1 Å². The highest BCUT2D eigenvalue weighted by Crippen LogP contribution is 2.27. The van der Waals surface area contributed by atoms with E-state index in [1.54, 1.807) is 12.1 Å². The van der Waals surface area contributed by atoms with Crippen molar-refractivity contribution < 1.29 is 22.7 Å². The summed E-state index contributed by atoms with van der Waals surface area (Å²) >= 11 is 0. The maximum atomic E-state index is 13.0. The molecular formula is C20H29N5O5S. The first-order valence-electron chi connectivity index (χ1n) is 10.6. The number of likely N-dealkylation sites (tertiary alicyclic amines) is 1. The molecule has 3 aliphatic rings. The number of fused-ring (bicyclic) bond motifs is 1. The molecule has 0 spiro atoms. The van der Waals surface area contributed by atoms with Crippen molar-refractivity contribution in [2.75, 3.05) is 32.8 Å². The molecule has 0 radical (unpaired) electrons. The molecule has 3 heterocycles. The molecule has 31 heavy (non-hydrogen) atoms. The first kappa shape index (κ1) is 22.2. The van der Waals surface area contributed by atoms with Gasteiger partial charge in [-0.05, 0) is 37.0 Å². The number of hydrazine groups is 1. The lowest BCUT2D eigenvalue weighted by molar-refractivity contribution is -0.130. The van der Waals surface area contributed by atoms with Gasteiger partial charge in [-0.1, -0.05) is 12.1 Å². The van der Waals surface area contributed by atoms with Gasteiger partial charge in [-0.3, -0.25) is 19.9 Å². The van der Waals surface area contributed by atoms with Gasteiger partial charge in [0.15, 0.2) is 0 Å². The van der Waals surface area contributed by atoms with Gasteiger partial charge >= 0.3 is 0 Å². The van der Waals surface area contributed by atoms with E-state index in [1.807, 2.05) is 0 Å². The van der Waals surface area contributed by atoms with Crippen LogP contribution in [0.1, 0.15) is 18.4 Å². The second-order valence-electron chi connectivity index (χ2n) is 8.46. The quantitative estimate of drug-likeness (QED) is 0.404. The van der Waals surface area contributed by atoms with Crippen molar-refractivity contribution in [2.45, 2.75) is 36.3 Å². The topological polar surface area (TPSA) is 143 Å². The maximum absolute atomic E-state index is 13.0. The Balaban J connectivity index is 1.34. The highest BCUT2D eigenvalue weighted by atomic mass is 32.2. The van der Waals surface area contributed by atoms with Crippen LogP contribution in [-0.4, -0.2) is 70.1 Å². The molecule has 0 saturated carbocycles. The van der Waals surface area contributed by atoms with Crippen molar-refractivity contribution >= 4 is 21.8 Å². The fourth-order valence-corrected chi connectivity index (χ4v) is 5.13. The zero-order valence-electron chi connectivity index (χ0n) is 17.2. The number of nitrogens with one attached hydrogen (secondary N) is 3. The van der Waals surface area contributed by atoms with Gasteiger partial charge in [0.2, 0.25) is 21.8 Å². The van der Waals surface area contributed by atoms with Gasteiger partial charge in [0.1, 0.15) is 0 Å². The van der Waals surface area contributed by atoms with Gasteiger partial charge in [-0.2, -0.15) is 0 Å². The minimum Gasteiger partial charge on any atom is -0.377 e. The van der Waals surface area contributed by atoms with Crippen LogP contribution in [0.5, 0.6) is 0 Å². The summed E-state index contributed by atoms with van der Waals surface area (Å²) < 4.78 is 28.4. The molecule has 1 aromatic carbocycles. The van der Waals surface area contributed by atoms with Crippen molar-refractivity contribution in [1.29, 1.82) is 0 Å².